The van der Waals surface area contributed by atoms with E-state index < -0.39 is 0 Å². The molecule has 0 amide bonds. The molecule has 2 heteroatoms. The fraction of sp³-hybridized carbons (Fsp3) is 0.500. The molecular weight excluding hydrogens is 76.1 g/mol. The smallest absolute Gasteiger partial charge is 0.0860 e. The molecule has 2 nitrogen and oxygen atoms in total. The van der Waals surface area contributed by atoms with E-state index in [0.29, 0.717) is 0 Å². The molecule has 0 atom stereocenters. The summed E-state index contributed by atoms with van der Waals surface area (Å²) in [6.07, 6.45) is 3.64. The minimum atomic E-state index is 0.872. The molecule has 1 aliphatic heterocycles. The molecule has 0 saturated carbocycles. The van der Waals surface area contributed by atoms with Crippen molar-refractivity contribution in [1.29, 1.82) is 0 Å². The summed E-state index contributed by atoms with van der Waals surface area (Å²) < 4.78 is 0. The Labute approximate surface area is 37.5 Å². The van der Waals surface area contributed by atoms with Crippen LogP contribution >= 0.6 is 0 Å². The van der Waals surface area contributed by atoms with Gasteiger partial charge in [0.1, 0.15) is 0 Å². The van der Waals surface area contributed by atoms with Gasteiger partial charge in [-0.2, -0.15) is 5.10 Å². The van der Waals surface area contributed by atoms with Gasteiger partial charge in [0.15, 0.2) is 0 Å². The summed E-state index contributed by atoms with van der Waals surface area (Å²) in [6, 6.07) is 0. The molecular formula is C4H6N2. The minimum absolute atomic E-state index is 0.872. The van der Waals surface area contributed by atoms with Crippen LogP contribution in [0.15, 0.2) is 5.10 Å². The molecule has 0 aromatic rings. The molecule has 0 bridgehead atoms. The SMILES string of the molecule is CN1[CH]C[C]=N1. The summed E-state index contributed by atoms with van der Waals surface area (Å²) in [5, 5.41) is 5.51. The fourth-order valence-corrected chi connectivity index (χ4v) is 0.366. The number of rotatable bonds is 0. The van der Waals surface area contributed by atoms with Gasteiger partial charge in [-0.05, 0) is 0 Å². The molecule has 0 N–H and O–H groups in total. The summed E-state index contributed by atoms with van der Waals surface area (Å²) in [6.45, 7) is 1.96. The number of hydrogen-bond acceptors (Lipinski definition) is 2. The summed E-state index contributed by atoms with van der Waals surface area (Å²) in [7, 11) is 1.89. The summed E-state index contributed by atoms with van der Waals surface area (Å²) in [5.41, 5.74) is 0. The van der Waals surface area contributed by atoms with Gasteiger partial charge in [0.25, 0.3) is 0 Å². The summed E-state index contributed by atoms with van der Waals surface area (Å²) in [4.78, 5) is 0. The van der Waals surface area contributed by atoms with Crippen LogP contribution in [0.2, 0.25) is 0 Å². The lowest BCUT2D eigenvalue weighted by Crippen LogP contribution is -1.98. The summed E-state index contributed by atoms with van der Waals surface area (Å²) >= 11 is 0. The lowest BCUT2D eigenvalue weighted by Gasteiger charge is -1.99. The van der Waals surface area contributed by atoms with Crippen molar-refractivity contribution in [2.24, 2.45) is 5.10 Å². The highest BCUT2D eigenvalue weighted by Gasteiger charge is 1.96. The first-order valence-corrected chi connectivity index (χ1v) is 1.89. The molecule has 6 heavy (non-hydrogen) atoms. The monoisotopic (exact) mass is 82.1 g/mol. The Kier molecular flexibility index (Phi) is 0.783. The Morgan fingerprint density at radius 2 is 2.83 bits per heavy atom. The van der Waals surface area contributed by atoms with Crippen molar-refractivity contribution < 1.29 is 0 Å². The van der Waals surface area contributed by atoms with Crippen molar-refractivity contribution in [3.05, 3.63) is 6.54 Å². The number of hydrazone groups is 1. The first-order chi connectivity index (χ1) is 2.89. The van der Waals surface area contributed by atoms with Crippen LogP contribution in [0.25, 0.3) is 0 Å². The molecule has 0 fully saturated rings. The van der Waals surface area contributed by atoms with Gasteiger partial charge in [-0.15, -0.1) is 0 Å². The topological polar surface area (TPSA) is 15.6 Å². The predicted molar refractivity (Wildman–Crippen MR) is 24.1 cm³/mol. The van der Waals surface area contributed by atoms with Crippen molar-refractivity contribution in [1.82, 2.24) is 5.01 Å². The first-order valence-electron chi connectivity index (χ1n) is 1.89. The molecule has 1 heterocycles. The van der Waals surface area contributed by atoms with Crippen LogP contribution in [0.4, 0.5) is 0 Å². The molecule has 0 aromatic carbocycles. The highest BCUT2D eigenvalue weighted by molar-refractivity contribution is 5.60. The van der Waals surface area contributed by atoms with Crippen molar-refractivity contribution in [3.8, 4) is 0 Å². The second-order valence-electron chi connectivity index (χ2n) is 1.22. The van der Waals surface area contributed by atoms with Gasteiger partial charge in [-0.25, -0.2) is 0 Å². The fourth-order valence-electron chi connectivity index (χ4n) is 0.366. The molecule has 1 aliphatic rings. The second-order valence-corrected chi connectivity index (χ2v) is 1.22. The van der Waals surface area contributed by atoms with Gasteiger partial charge in [0, 0.05) is 13.5 Å². The van der Waals surface area contributed by atoms with E-state index in [-0.39, 0.29) is 0 Å². The van der Waals surface area contributed by atoms with Crippen LogP contribution in [0.3, 0.4) is 0 Å². The van der Waals surface area contributed by atoms with E-state index in [0.717, 1.165) is 6.42 Å². The normalized spacial score (nSPS) is 19.8. The van der Waals surface area contributed by atoms with Gasteiger partial charge in [-0.3, -0.25) is 5.01 Å². The van der Waals surface area contributed by atoms with Gasteiger partial charge >= 0.3 is 0 Å². The zero-order valence-corrected chi connectivity index (χ0v) is 3.68. The predicted octanol–water partition coefficient (Wildman–Crippen LogP) is 0.346. The highest BCUT2D eigenvalue weighted by Crippen LogP contribution is 1.98. The largest absolute Gasteiger partial charge is 0.294 e. The van der Waals surface area contributed by atoms with Crippen molar-refractivity contribution in [3.63, 3.8) is 0 Å². The first kappa shape index (κ1) is 3.65. The van der Waals surface area contributed by atoms with Crippen molar-refractivity contribution >= 4 is 6.21 Å². The number of hydrogen-bond donors (Lipinski definition) is 0. The maximum absolute atomic E-state index is 3.76. The molecule has 0 unspecified atom stereocenters. The average Bonchev–Trinajstić information content (AvgIpc) is 1.86. The van der Waals surface area contributed by atoms with Crippen LogP contribution in [-0.2, 0) is 0 Å². The maximum Gasteiger partial charge on any atom is 0.0860 e. The molecule has 0 saturated heterocycles. The molecule has 2 radical (unpaired) electrons. The van der Waals surface area contributed by atoms with Crippen molar-refractivity contribution in [2.45, 2.75) is 6.42 Å². The second kappa shape index (κ2) is 1.29. The Morgan fingerprint density at radius 1 is 2.00 bits per heavy atom. The standard InChI is InChI=1S/C4H6N2/c1-6-4-2-3-5-6/h4H,2H2,1H3. The molecule has 0 aliphatic carbocycles. The van der Waals surface area contributed by atoms with Gasteiger partial charge in [0.2, 0.25) is 0 Å². The van der Waals surface area contributed by atoms with E-state index in [1.807, 2.05) is 13.6 Å². The quantitative estimate of drug-likeness (QED) is 0.411. The third kappa shape index (κ3) is 0.506. The Hall–Kier alpha value is -0.530. The van der Waals surface area contributed by atoms with E-state index in [4.69, 9.17) is 0 Å². The molecule has 1 rings (SSSR count). The van der Waals surface area contributed by atoms with Gasteiger partial charge in [-0.1, -0.05) is 0 Å². The Bertz CT molecular complexity index is 67.9. The van der Waals surface area contributed by atoms with Gasteiger partial charge in [0.05, 0.1) is 12.8 Å². The zero-order valence-electron chi connectivity index (χ0n) is 3.68. The third-order valence-corrected chi connectivity index (χ3v) is 0.675. The van der Waals surface area contributed by atoms with Crippen LogP contribution in [-0.4, -0.2) is 18.3 Å². The van der Waals surface area contributed by atoms with Crippen molar-refractivity contribution in [2.75, 3.05) is 7.05 Å². The van der Waals surface area contributed by atoms with Crippen LogP contribution in [0.1, 0.15) is 6.42 Å². The van der Waals surface area contributed by atoms with Crippen LogP contribution in [0, 0.1) is 6.54 Å². The Morgan fingerprint density at radius 3 is 3.00 bits per heavy atom. The van der Waals surface area contributed by atoms with E-state index in [1.54, 1.807) is 5.01 Å². The lowest BCUT2D eigenvalue weighted by atomic mass is 10.5. The molecule has 0 aromatic heterocycles. The number of nitrogens with zero attached hydrogens (tertiary/aromatic N) is 2. The minimum Gasteiger partial charge on any atom is -0.294 e. The molecule has 32 valence electrons. The van der Waals surface area contributed by atoms with E-state index >= 15 is 0 Å². The average molecular weight is 82.1 g/mol. The van der Waals surface area contributed by atoms with Gasteiger partial charge < -0.3 is 0 Å². The maximum atomic E-state index is 3.76. The third-order valence-electron chi connectivity index (χ3n) is 0.675. The zero-order chi connectivity index (χ0) is 4.41. The Balaban J connectivity index is 2.38. The van der Waals surface area contributed by atoms with Crippen LogP contribution < -0.4 is 0 Å². The summed E-state index contributed by atoms with van der Waals surface area (Å²) in [5.74, 6) is 0. The van der Waals surface area contributed by atoms with E-state index in [2.05, 4.69) is 11.3 Å². The lowest BCUT2D eigenvalue weighted by molar-refractivity contribution is 0.457. The highest BCUT2D eigenvalue weighted by atomic mass is 15.4. The van der Waals surface area contributed by atoms with Crippen LogP contribution in [0.5, 0.6) is 0 Å². The molecule has 0 spiro atoms. The van der Waals surface area contributed by atoms with E-state index in [9.17, 15) is 0 Å². The van der Waals surface area contributed by atoms with E-state index in [1.165, 1.54) is 0 Å².